The first kappa shape index (κ1) is 19.3. The standard InChI is InChI=1S/C16H18F5N5S/c1-10(2)15(12-4-6-13(7-5-12)27(17,18,19,20)21)25-14-8-11(3)24-16-22-9-23-26(14)16/h4-10,15,25H,1-3H3/t15-/m1/s1. The zero-order valence-electron chi connectivity index (χ0n) is 14.7. The second-order valence-electron chi connectivity index (χ2n) is 6.66. The Balaban J connectivity index is 1.98. The van der Waals surface area contributed by atoms with E-state index in [9.17, 15) is 19.4 Å². The fourth-order valence-corrected chi connectivity index (χ4v) is 3.41. The molecule has 11 heteroatoms. The molecule has 0 saturated heterocycles. The molecule has 1 N–H and O–H groups in total. The van der Waals surface area contributed by atoms with Crippen molar-refractivity contribution in [2.75, 3.05) is 5.32 Å². The third-order valence-corrected chi connectivity index (χ3v) is 5.20. The zero-order chi connectivity index (χ0) is 20.1. The molecule has 0 aliphatic heterocycles. The molecule has 1 aromatic carbocycles. The van der Waals surface area contributed by atoms with E-state index in [1.54, 1.807) is 13.0 Å². The molecule has 0 amide bonds. The van der Waals surface area contributed by atoms with E-state index < -0.39 is 21.2 Å². The summed E-state index contributed by atoms with van der Waals surface area (Å²) in [6, 6.07) is 4.27. The molecule has 5 nitrogen and oxygen atoms in total. The van der Waals surface area contributed by atoms with Gasteiger partial charge in [0.2, 0.25) is 0 Å². The smallest absolute Gasteiger partial charge is 0.310 e. The van der Waals surface area contributed by atoms with Gasteiger partial charge in [0.15, 0.2) is 0 Å². The minimum absolute atomic E-state index is 0.0529. The summed E-state index contributed by atoms with van der Waals surface area (Å²) in [5.74, 6) is 0.865. The Hall–Kier alpha value is -2.43. The lowest BCUT2D eigenvalue weighted by atomic mass is 9.96. The molecule has 27 heavy (non-hydrogen) atoms. The summed E-state index contributed by atoms with van der Waals surface area (Å²) in [6.45, 7) is 5.50. The number of hydrogen-bond donors (Lipinski definition) is 1. The lowest BCUT2D eigenvalue weighted by molar-refractivity contribution is 0.364. The normalized spacial score (nSPS) is 16.2. The highest BCUT2D eigenvalue weighted by molar-refractivity contribution is 8.45. The Bertz CT molecular complexity index is 983. The highest BCUT2D eigenvalue weighted by atomic mass is 32.5. The maximum Gasteiger partial charge on any atom is 0.310 e. The number of aryl methyl sites for hydroxylation is 1. The highest BCUT2D eigenvalue weighted by Gasteiger charge is 2.65. The van der Waals surface area contributed by atoms with Gasteiger partial charge in [-0.1, -0.05) is 45.4 Å². The molecule has 2 aromatic heterocycles. The largest absolute Gasteiger partial charge is 0.363 e. The van der Waals surface area contributed by atoms with Crippen molar-refractivity contribution in [2.24, 2.45) is 5.92 Å². The molecule has 0 saturated carbocycles. The summed E-state index contributed by atoms with van der Waals surface area (Å²) in [5, 5.41) is 7.27. The topological polar surface area (TPSA) is 55.1 Å². The summed E-state index contributed by atoms with van der Waals surface area (Å²) in [5.41, 5.74) is 1.12. The molecule has 3 aromatic rings. The number of rotatable bonds is 5. The second kappa shape index (κ2) is 5.54. The lowest BCUT2D eigenvalue weighted by Gasteiger charge is -2.40. The number of nitrogens with zero attached hydrogens (tertiary/aromatic N) is 4. The number of halogens is 5. The van der Waals surface area contributed by atoms with Gasteiger partial charge in [0, 0.05) is 11.8 Å². The fraction of sp³-hybridized carbons (Fsp3) is 0.312. The van der Waals surface area contributed by atoms with Crippen molar-refractivity contribution in [1.82, 2.24) is 19.6 Å². The fourth-order valence-electron chi connectivity index (χ4n) is 2.76. The van der Waals surface area contributed by atoms with Crippen molar-refractivity contribution < 1.29 is 19.4 Å². The molecule has 0 spiro atoms. The van der Waals surface area contributed by atoms with E-state index in [1.807, 2.05) is 13.8 Å². The van der Waals surface area contributed by atoms with Gasteiger partial charge >= 0.3 is 10.2 Å². The third kappa shape index (κ3) is 4.12. The third-order valence-electron chi connectivity index (χ3n) is 4.03. The van der Waals surface area contributed by atoms with Crippen LogP contribution in [-0.4, -0.2) is 19.6 Å². The molecule has 0 aliphatic carbocycles. The first-order chi connectivity index (χ1) is 12.2. The van der Waals surface area contributed by atoms with Gasteiger partial charge in [0.05, 0.1) is 6.04 Å². The lowest BCUT2D eigenvalue weighted by Crippen LogP contribution is -2.19. The number of benzene rings is 1. The quantitative estimate of drug-likeness (QED) is 0.535. The van der Waals surface area contributed by atoms with Crippen molar-refractivity contribution in [3.05, 3.63) is 47.9 Å². The van der Waals surface area contributed by atoms with Crippen LogP contribution in [-0.2, 0) is 0 Å². The van der Waals surface area contributed by atoms with E-state index in [4.69, 9.17) is 0 Å². The van der Waals surface area contributed by atoms with Gasteiger partial charge in [-0.3, -0.25) is 0 Å². The number of fused-ring (bicyclic) bond motifs is 1. The molecule has 2 heterocycles. The van der Waals surface area contributed by atoms with Crippen LogP contribution in [0.25, 0.3) is 5.78 Å². The summed E-state index contributed by atoms with van der Waals surface area (Å²) in [4.78, 5) is 6.33. The SMILES string of the molecule is Cc1cc(N[C@@H](c2ccc(S(F)(F)(F)(F)F)cc2)C(C)C)n2ncnc2n1. The summed E-state index contributed by atoms with van der Waals surface area (Å²) < 4.78 is 66.1. The van der Waals surface area contributed by atoms with Crippen LogP contribution in [0.3, 0.4) is 0 Å². The molecule has 0 bridgehead atoms. The number of anilines is 1. The van der Waals surface area contributed by atoms with E-state index in [0.717, 1.165) is 12.1 Å². The molecule has 0 aliphatic rings. The molecule has 3 rings (SSSR count). The summed E-state index contributed by atoms with van der Waals surface area (Å²) in [6.07, 6.45) is 1.33. The van der Waals surface area contributed by atoms with Gasteiger partial charge in [-0.05, 0) is 30.5 Å². The highest BCUT2D eigenvalue weighted by Crippen LogP contribution is 3.02. The van der Waals surface area contributed by atoms with Crippen LogP contribution >= 0.6 is 10.2 Å². The van der Waals surface area contributed by atoms with Gasteiger partial charge in [0.25, 0.3) is 5.78 Å². The van der Waals surface area contributed by atoms with Crippen LogP contribution in [0.2, 0.25) is 0 Å². The molecule has 1 atom stereocenters. The summed E-state index contributed by atoms with van der Waals surface area (Å²) in [7, 11) is -9.69. The van der Waals surface area contributed by atoms with Crippen LogP contribution in [0, 0.1) is 12.8 Å². The molecule has 0 radical (unpaired) electrons. The molecule has 0 fully saturated rings. The Morgan fingerprint density at radius 3 is 2.22 bits per heavy atom. The predicted molar refractivity (Wildman–Crippen MR) is 94.6 cm³/mol. The van der Waals surface area contributed by atoms with Crippen LogP contribution in [0.5, 0.6) is 0 Å². The minimum atomic E-state index is -9.69. The van der Waals surface area contributed by atoms with Crippen molar-refractivity contribution in [3.8, 4) is 0 Å². The van der Waals surface area contributed by atoms with Crippen molar-refractivity contribution in [1.29, 1.82) is 0 Å². The first-order valence-corrected chi connectivity index (χ1v) is 9.98. The number of nitrogens with one attached hydrogen (secondary N) is 1. The molecular weight excluding hydrogens is 389 g/mol. The maximum atomic E-state index is 12.9. The minimum Gasteiger partial charge on any atom is -0.363 e. The van der Waals surface area contributed by atoms with Crippen molar-refractivity contribution >= 4 is 21.8 Å². The maximum absolute atomic E-state index is 12.9. The monoisotopic (exact) mass is 407 g/mol. The summed E-state index contributed by atoms with van der Waals surface area (Å²) >= 11 is 0. The van der Waals surface area contributed by atoms with E-state index in [2.05, 4.69) is 20.4 Å². The van der Waals surface area contributed by atoms with Crippen molar-refractivity contribution in [2.45, 2.75) is 31.7 Å². The van der Waals surface area contributed by atoms with Crippen LogP contribution < -0.4 is 5.32 Å². The number of aromatic nitrogens is 4. The van der Waals surface area contributed by atoms with Crippen LogP contribution in [0.4, 0.5) is 25.2 Å². The Morgan fingerprint density at radius 2 is 1.67 bits per heavy atom. The molecule has 0 unspecified atom stereocenters. The average Bonchev–Trinajstić information content (AvgIpc) is 2.98. The van der Waals surface area contributed by atoms with E-state index in [-0.39, 0.29) is 5.92 Å². The first-order valence-electron chi connectivity index (χ1n) is 8.02. The second-order valence-corrected chi connectivity index (χ2v) is 9.07. The van der Waals surface area contributed by atoms with Crippen molar-refractivity contribution in [3.63, 3.8) is 0 Å². The van der Waals surface area contributed by atoms with E-state index in [0.29, 0.717) is 35.0 Å². The van der Waals surface area contributed by atoms with Gasteiger partial charge in [-0.25, -0.2) is 4.98 Å². The average molecular weight is 407 g/mol. The van der Waals surface area contributed by atoms with E-state index >= 15 is 0 Å². The van der Waals surface area contributed by atoms with Gasteiger partial charge in [-0.15, -0.1) is 0 Å². The van der Waals surface area contributed by atoms with Crippen LogP contribution in [0.15, 0.2) is 41.6 Å². The van der Waals surface area contributed by atoms with E-state index in [1.165, 1.54) is 10.8 Å². The molecular formula is C16H18F5N5S. The zero-order valence-corrected chi connectivity index (χ0v) is 15.5. The Morgan fingerprint density at radius 1 is 1.04 bits per heavy atom. The Labute approximate surface area is 152 Å². The van der Waals surface area contributed by atoms with Gasteiger partial charge in [0.1, 0.15) is 17.0 Å². The van der Waals surface area contributed by atoms with Gasteiger partial charge in [-0.2, -0.15) is 14.6 Å². The Kier molecular flexibility index (Phi) is 3.96. The predicted octanol–water partition coefficient (Wildman–Crippen LogP) is 5.90. The van der Waals surface area contributed by atoms with Crippen LogP contribution in [0.1, 0.15) is 31.1 Å². The number of hydrogen-bond acceptors (Lipinski definition) is 4. The molecule has 148 valence electrons. The van der Waals surface area contributed by atoms with Gasteiger partial charge < -0.3 is 5.32 Å².